The minimum Gasteiger partial charge on any atom is -0.458 e. The second-order valence-electron chi connectivity index (χ2n) is 6.15. The lowest BCUT2D eigenvalue weighted by Gasteiger charge is -2.22. The number of hydrogen-bond donors (Lipinski definition) is 1. The number of imide groups is 1. The normalized spacial score (nSPS) is 15.9. The fraction of sp³-hybridized carbons (Fsp3) is 0.562. The molecule has 0 radical (unpaired) electrons. The van der Waals surface area contributed by atoms with E-state index >= 15 is 0 Å². The SMILES string of the molecule is CCC1(CC)NC(=O)N(CC(=O)OCc2cc(=O)n(C)c(=O)n2C)C1=O. The van der Waals surface area contributed by atoms with Crippen molar-refractivity contribution in [1.82, 2.24) is 19.4 Å². The average molecular weight is 366 g/mol. The summed E-state index contributed by atoms with van der Waals surface area (Å²) in [5, 5.41) is 2.62. The molecule has 1 saturated heterocycles. The third kappa shape index (κ3) is 3.26. The van der Waals surface area contributed by atoms with E-state index in [9.17, 15) is 24.0 Å². The molecule has 1 fully saturated rings. The molecule has 1 aliphatic heterocycles. The zero-order valence-corrected chi connectivity index (χ0v) is 15.2. The molecule has 0 atom stereocenters. The average Bonchev–Trinajstić information content (AvgIpc) is 2.86. The van der Waals surface area contributed by atoms with E-state index in [2.05, 4.69) is 5.32 Å². The first-order valence-electron chi connectivity index (χ1n) is 8.22. The summed E-state index contributed by atoms with van der Waals surface area (Å²) >= 11 is 0. The molecule has 1 aromatic heterocycles. The van der Waals surface area contributed by atoms with Gasteiger partial charge in [-0.05, 0) is 12.8 Å². The van der Waals surface area contributed by atoms with E-state index in [1.807, 2.05) is 0 Å². The Bertz CT molecular complexity index is 864. The van der Waals surface area contributed by atoms with E-state index in [-0.39, 0.29) is 12.3 Å². The number of amides is 3. The highest BCUT2D eigenvalue weighted by Gasteiger charge is 2.49. The minimum atomic E-state index is -0.993. The molecule has 1 N–H and O–H groups in total. The summed E-state index contributed by atoms with van der Waals surface area (Å²) in [6, 6.07) is 0.540. The van der Waals surface area contributed by atoms with Crippen molar-refractivity contribution in [3.05, 3.63) is 32.6 Å². The molecule has 2 heterocycles. The predicted octanol–water partition coefficient (Wildman–Crippen LogP) is -0.762. The number of aromatic nitrogens is 2. The molecule has 2 rings (SSSR count). The molecular weight excluding hydrogens is 344 g/mol. The van der Waals surface area contributed by atoms with Crippen molar-refractivity contribution < 1.29 is 19.1 Å². The van der Waals surface area contributed by atoms with Crippen LogP contribution in [-0.4, -0.2) is 44.0 Å². The summed E-state index contributed by atoms with van der Waals surface area (Å²) in [6.07, 6.45) is 0.823. The molecular formula is C16H22N4O6. The Morgan fingerprint density at radius 2 is 1.73 bits per heavy atom. The summed E-state index contributed by atoms with van der Waals surface area (Å²) in [4.78, 5) is 60.8. The van der Waals surface area contributed by atoms with Crippen LogP contribution in [0.25, 0.3) is 0 Å². The van der Waals surface area contributed by atoms with Crippen LogP contribution in [0.5, 0.6) is 0 Å². The number of hydrogen-bond acceptors (Lipinski definition) is 6. The Kier molecular flexibility index (Phi) is 5.33. The van der Waals surface area contributed by atoms with Gasteiger partial charge in [-0.2, -0.15) is 0 Å². The third-order valence-electron chi connectivity index (χ3n) is 4.75. The number of urea groups is 1. The van der Waals surface area contributed by atoms with E-state index in [0.717, 1.165) is 9.47 Å². The van der Waals surface area contributed by atoms with E-state index < -0.39 is 41.2 Å². The molecule has 0 saturated carbocycles. The number of ether oxygens (including phenoxy) is 1. The fourth-order valence-electron chi connectivity index (χ4n) is 2.80. The lowest BCUT2D eigenvalue weighted by atomic mass is 9.93. The van der Waals surface area contributed by atoms with Gasteiger partial charge in [0.05, 0.1) is 5.69 Å². The topological polar surface area (TPSA) is 120 Å². The van der Waals surface area contributed by atoms with Gasteiger partial charge < -0.3 is 10.1 Å². The number of rotatable bonds is 6. The van der Waals surface area contributed by atoms with Crippen molar-refractivity contribution in [2.24, 2.45) is 14.1 Å². The van der Waals surface area contributed by atoms with Crippen LogP contribution in [0.15, 0.2) is 15.7 Å². The van der Waals surface area contributed by atoms with Crippen LogP contribution < -0.4 is 16.6 Å². The van der Waals surface area contributed by atoms with Crippen LogP contribution in [0, 0.1) is 0 Å². The van der Waals surface area contributed by atoms with Crippen molar-refractivity contribution in [3.63, 3.8) is 0 Å². The van der Waals surface area contributed by atoms with Gasteiger partial charge in [0.2, 0.25) is 0 Å². The second kappa shape index (κ2) is 7.14. The van der Waals surface area contributed by atoms with Gasteiger partial charge in [-0.3, -0.25) is 28.4 Å². The molecule has 3 amide bonds. The van der Waals surface area contributed by atoms with Crippen molar-refractivity contribution in [2.45, 2.75) is 38.8 Å². The second-order valence-corrected chi connectivity index (χ2v) is 6.15. The highest BCUT2D eigenvalue weighted by molar-refractivity contribution is 6.08. The Morgan fingerprint density at radius 1 is 1.12 bits per heavy atom. The van der Waals surface area contributed by atoms with Crippen LogP contribution in [0.4, 0.5) is 4.79 Å². The standard InChI is InChI=1S/C16H22N4O6/c1-5-16(6-2)13(23)20(14(24)17-16)8-12(22)26-9-10-7-11(21)19(4)15(25)18(10)3/h7H,5-6,8-9H2,1-4H3,(H,17,24). The Hall–Kier alpha value is -2.91. The zero-order valence-electron chi connectivity index (χ0n) is 15.2. The molecule has 1 aliphatic rings. The molecule has 0 aliphatic carbocycles. The minimum absolute atomic E-state index is 0.208. The monoisotopic (exact) mass is 366 g/mol. The van der Waals surface area contributed by atoms with Gasteiger partial charge in [-0.1, -0.05) is 13.8 Å². The van der Waals surface area contributed by atoms with Gasteiger partial charge in [-0.15, -0.1) is 0 Å². The molecule has 0 spiro atoms. The highest BCUT2D eigenvalue weighted by atomic mass is 16.5. The number of carbonyl (C=O) groups excluding carboxylic acids is 3. The molecule has 0 unspecified atom stereocenters. The van der Waals surface area contributed by atoms with E-state index in [0.29, 0.717) is 12.8 Å². The van der Waals surface area contributed by atoms with Crippen molar-refractivity contribution in [2.75, 3.05) is 6.54 Å². The maximum absolute atomic E-state index is 12.4. The summed E-state index contributed by atoms with van der Waals surface area (Å²) in [5.41, 5.74) is -1.86. The Morgan fingerprint density at radius 3 is 2.27 bits per heavy atom. The first-order chi connectivity index (χ1) is 12.2. The first-order valence-corrected chi connectivity index (χ1v) is 8.22. The zero-order chi connectivity index (χ0) is 19.6. The summed E-state index contributed by atoms with van der Waals surface area (Å²) in [7, 11) is 2.78. The number of nitrogens with zero attached hydrogens (tertiary/aromatic N) is 3. The van der Waals surface area contributed by atoms with Gasteiger partial charge >= 0.3 is 17.7 Å². The van der Waals surface area contributed by atoms with Gasteiger partial charge in [0.15, 0.2) is 0 Å². The molecule has 1 aromatic rings. The fourth-order valence-corrected chi connectivity index (χ4v) is 2.80. The van der Waals surface area contributed by atoms with Crippen LogP contribution in [0.3, 0.4) is 0 Å². The van der Waals surface area contributed by atoms with E-state index in [1.54, 1.807) is 13.8 Å². The van der Waals surface area contributed by atoms with E-state index in [1.165, 1.54) is 24.7 Å². The molecule has 26 heavy (non-hydrogen) atoms. The highest BCUT2D eigenvalue weighted by Crippen LogP contribution is 2.24. The number of carbonyl (C=O) groups is 3. The van der Waals surface area contributed by atoms with E-state index in [4.69, 9.17) is 4.74 Å². The predicted molar refractivity (Wildman–Crippen MR) is 90.3 cm³/mol. The summed E-state index contributed by atoms with van der Waals surface area (Å²) in [5.74, 6) is -1.28. The maximum Gasteiger partial charge on any atom is 0.330 e. The molecule has 0 bridgehead atoms. The molecule has 10 nitrogen and oxygen atoms in total. The summed E-state index contributed by atoms with van der Waals surface area (Å²) in [6.45, 7) is 2.70. The van der Waals surface area contributed by atoms with Gasteiger partial charge in [0.25, 0.3) is 11.5 Å². The van der Waals surface area contributed by atoms with Crippen molar-refractivity contribution in [1.29, 1.82) is 0 Å². The molecule has 10 heteroatoms. The quantitative estimate of drug-likeness (QED) is 0.522. The molecule has 142 valence electrons. The smallest absolute Gasteiger partial charge is 0.330 e. The first kappa shape index (κ1) is 19.4. The lowest BCUT2D eigenvalue weighted by Crippen LogP contribution is -2.46. The lowest BCUT2D eigenvalue weighted by molar-refractivity contribution is -0.149. The van der Waals surface area contributed by atoms with Gasteiger partial charge in [0.1, 0.15) is 18.7 Å². The maximum atomic E-state index is 12.4. The Labute approximate surface area is 149 Å². The Balaban J connectivity index is 2.07. The molecule has 0 aromatic carbocycles. The van der Waals surface area contributed by atoms with Crippen molar-refractivity contribution >= 4 is 17.9 Å². The number of nitrogens with one attached hydrogen (secondary N) is 1. The van der Waals surface area contributed by atoms with Crippen molar-refractivity contribution in [3.8, 4) is 0 Å². The summed E-state index contributed by atoms with van der Waals surface area (Å²) < 4.78 is 7.14. The number of esters is 1. The largest absolute Gasteiger partial charge is 0.458 e. The van der Waals surface area contributed by atoms with Crippen LogP contribution in [-0.2, 0) is 35.0 Å². The van der Waals surface area contributed by atoms with Crippen LogP contribution >= 0.6 is 0 Å². The third-order valence-corrected chi connectivity index (χ3v) is 4.75. The van der Waals surface area contributed by atoms with Crippen LogP contribution in [0.2, 0.25) is 0 Å². The van der Waals surface area contributed by atoms with Gasteiger partial charge in [0, 0.05) is 20.2 Å². The van der Waals surface area contributed by atoms with Crippen LogP contribution in [0.1, 0.15) is 32.4 Å². The van der Waals surface area contributed by atoms with Gasteiger partial charge in [-0.25, -0.2) is 9.59 Å².